The molecule has 1 heterocycles. The van der Waals surface area contributed by atoms with Gasteiger partial charge < -0.3 is 26.2 Å². The first kappa shape index (κ1) is 39.3. The van der Waals surface area contributed by atoms with Gasteiger partial charge in [0.05, 0.1) is 22.1 Å². The molecule has 0 spiro atoms. The number of rotatable bonds is 14. The van der Waals surface area contributed by atoms with Crippen molar-refractivity contribution in [2.75, 3.05) is 18.8 Å². The van der Waals surface area contributed by atoms with Crippen LogP contribution in [0.1, 0.15) is 118 Å². The van der Waals surface area contributed by atoms with E-state index in [0.29, 0.717) is 25.8 Å². The first-order valence-corrected chi connectivity index (χ1v) is 20.9. The van der Waals surface area contributed by atoms with Crippen molar-refractivity contribution in [1.82, 2.24) is 26.2 Å². The Balaban J connectivity index is 1.37. The van der Waals surface area contributed by atoms with Crippen LogP contribution in [0.15, 0.2) is 12.7 Å². The number of carbonyl (C=O) groups excluding carboxylic acids is 5. The molecule has 0 aromatic carbocycles. The van der Waals surface area contributed by atoms with Gasteiger partial charge in [-0.15, -0.1) is 6.58 Å². The minimum Gasteiger partial charge on any atom is -0.346 e. The molecule has 0 unspecified atom stereocenters. The van der Waals surface area contributed by atoms with Crippen LogP contribution in [0, 0.1) is 29.1 Å². The Morgan fingerprint density at radius 1 is 0.922 bits per heavy atom. The number of carbonyl (C=O) groups is 5. The summed E-state index contributed by atoms with van der Waals surface area (Å²) in [7, 11) is -3.55. The van der Waals surface area contributed by atoms with Gasteiger partial charge in [-0.05, 0) is 82.0 Å². The Morgan fingerprint density at radius 3 is 2.14 bits per heavy atom. The van der Waals surface area contributed by atoms with Gasteiger partial charge in [-0.25, -0.2) is 13.2 Å². The minimum atomic E-state index is -3.55. The van der Waals surface area contributed by atoms with E-state index in [0.717, 1.165) is 64.2 Å². The van der Waals surface area contributed by atoms with Gasteiger partial charge in [-0.3, -0.25) is 19.2 Å². The number of urea groups is 1. The second-order valence-electron chi connectivity index (χ2n) is 17.7. The van der Waals surface area contributed by atoms with Gasteiger partial charge in [0.25, 0.3) is 5.91 Å². The fourth-order valence-corrected chi connectivity index (χ4v) is 10.5. The Kier molecular flexibility index (Phi) is 11.7. The van der Waals surface area contributed by atoms with Crippen molar-refractivity contribution in [1.29, 1.82) is 0 Å². The lowest BCUT2D eigenvalue weighted by Gasteiger charge is -2.41. The normalized spacial score (nSPS) is 26.9. The predicted octanol–water partition coefficient (Wildman–Crippen LogP) is 3.79. The highest BCUT2D eigenvalue weighted by Crippen LogP contribution is 2.65. The standard InChI is InChI=1S/C38H61N5O7S/c1-7-20-39-33(46)31(44)27(21-24-16-17-24)40-32(45)30-28-26(37(28,5)6)22-43(30)34(47)29(25-14-10-8-11-15-25)41-35(48)42-38(18-12-9-13-19-38)23-51(49,50)36(2,3)4/h7,24-30H,1,8-23H2,2-6H3,(H,39,46)(H,40,45)(H2,41,42,48)/t26-,27-,28-,29-,30-/m0/s1. The summed E-state index contributed by atoms with van der Waals surface area (Å²) in [5.41, 5.74) is -1.12. The molecule has 5 amide bonds. The summed E-state index contributed by atoms with van der Waals surface area (Å²) < 4.78 is 25.8. The number of likely N-dealkylation sites (tertiary alicyclic amines) is 1. The molecule has 5 atom stereocenters. The average Bonchev–Trinajstić information content (AvgIpc) is 3.92. The number of sulfone groups is 1. The van der Waals surface area contributed by atoms with Crippen LogP contribution in [0.5, 0.6) is 0 Å². The first-order chi connectivity index (χ1) is 23.9. The molecule has 51 heavy (non-hydrogen) atoms. The van der Waals surface area contributed by atoms with Crippen LogP contribution in [-0.2, 0) is 29.0 Å². The molecule has 286 valence electrons. The summed E-state index contributed by atoms with van der Waals surface area (Å²) in [6, 6.07) is -3.30. The second kappa shape index (κ2) is 15.2. The van der Waals surface area contributed by atoms with E-state index in [9.17, 15) is 32.4 Å². The van der Waals surface area contributed by atoms with Crippen LogP contribution >= 0.6 is 0 Å². The summed E-state index contributed by atoms with van der Waals surface area (Å²) in [6.07, 6.45) is 11.7. The van der Waals surface area contributed by atoms with Gasteiger partial charge in [-0.1, -0.05) is 71.3 Å². The fraction of sp³-hybridized carbons (Fsp3) is 0.816. The molecule has 5 fully saturated rings. The molecule has 12 nitrogen and oxygen atoms in total. The lowest BCUT2D eigenvalue weighted by molar-refractivity contribution is -0.144. The van der Waals surface area contributed by atoms with Crippen LogP contribution < -0.4 is 21.3 Å². The van der Waals surface area contributed by atoms with Gasteiger partial charge in [0.1, 0.15) is 12.1 Å². The van der Waals surface area contributed by atoms with Crippen LogP contribution in [0.25, 0.3) is 0 Å². The van der Waals surface area contributed by atoms with E-state index in [-0.39, 0.29) is 47.3 Å². The molecule has 5 rings (SSSR count). The molecular weight excluding hydrogens is 671 g/mol. The quantitative estimate of drug-likeness (QED) is 0.156. The number of fused-ring (bicyclic) bond motifs is 1. The van der Waals surface area contributed by atoms with E-state index in [1.165, 1.54) is 6.08 Å². The number of ketones is 1. The minimum absolute atomic E-state index is 0.0830. The molecule has 1 saturated heterocycles. The van der Waals surface area contributed by atoms with E-state index in [2.05, 4.69) is 41.7 Å². The fourth-order valence-electron chi connectivity index (χ4n) is 8.96. The Bertz CT molecular complexity index is 1470. The van der Waals surface area contributed by atoms with Gasteiger partial charge in [0, 0.05) is 13.1 Å². The molecule has 0 aromatic heterocycles. The van der Waals surface area contributed by atoms with Gasteiger partial charge in [-0.2, -0.15) is 0 Å². The van der Waals surface area contributed by atoms with E-state index >= 15 is 0 Å². The number of nitrogens with zero attached hydrogens (tertiary/aromatic N) is 1. The van der Waals surface area contributed by atoms with E-state index in [1.807, 2.05) is 0 Å². The number of Topliss-reactive ketones (excluding diaryl/α,β-unsaturated/α-hetero) is 1. The lowest BCUT2D eigenvalue weighted by Crippen LogP contribution is -2.63. The first-order valence-electron chi connectivity index (χ1n) is 19.3. The highest BCUT2D eigenvalue weighted by Gasteiger charge is 2.70. The maximum Gasteiger partial charge on any atom is 0.315 e. The molecule has 0 bridgehead atoms. The molecule has 5 aliphatic rings. The third kappa shape index (κ3) is 8.82. The summed E-state index contributed by atoms with van der Waals surface area (Å²) in [4.78, 5) is 70.3. The van der Waals surface area contributed by atoms with Gasteiger partial charge in [0.15, 0.2) is 9.84 Å². The number of amides is 5. The highest BCUT2D eigenvalue weighted by atomic mass is 32.2. The Hall–Kier alpha value is -2.96. The van der Waals surface area contributed by atoms with Crippen molar-refractivity contribution in [3.05, 3.63) is 12.7 Å². The number of piperidine rings is 1. The molecular formula is C38H61N5O7S. The van der Waals surface area contributed by atoms with E-state index < -0.39 is 61.9 Å². The molecule has 4 saturated carbocycles. The zero-order chi connectivity index (χ0) is 37.4. The van der Waals surface area contributed by atoms with Crippen LogP contribution in [0.3, 0.4) is 0 Å². The number of hydrogen-bond donors (Lipinski definition) is 4. The molecule has 13 heteroatoms. The predicted molar refractivity (Wildman–Crippen MR) is 195 cm³/mol. The largest absolute Gasteiger partial charge is 0.346 e. The SMILES string of the molecule is C=CCNC(=O)C(=O)[C@H](CC1CC1)NC(=O)[C@@H]1[C@@H]2[C@H](CN1C(=O)[C@@H](NC(=O)NC1(CS(=O)(=O)C(C)(C)C)CCCCC1)C1CCCCC1)C2(C)C. The zero-order valence-corrected chi connectivity index (χ0v) is 32.2. The van der Waals surface area contributed by atoms with Gasteiger partial charge in [0.2, 0.25) is 17.6 Å². The molecule has 4 aliphatic carbocycles. The Labute approximate surface area is 304 Å². The monoisotopic (exact) mass is 731 g/mol. The smallest absolute Gasteiger partial charge is 0.315 e. The van der Waals surface area contributed by atoms with Crippen molar-refractivity contribution >= 4 is 39.4 Å². The van der Waals surface area contributed by atoms with Crippen LogP contribution in [0.2, 0.25) is 0 Å². The third-order valence-corrected chi connectivity index (χ3v) is 15.4. The van der Waals surface area contributed by atoms with E-state index in [1.54, 1.807) is 25.7 Å². The van der Waals surface area contributed by atoms with Crippen molar-refractivity contribution in [2.24, 2.45) is 29.1 Å². The van der Waals surface area contributed by atoms with Crippen molar-refractivity contribution in [2.45, 2.75) is 147 Å². The highest BCUT2D eigenvalue weighted by molar-refractivity contribution is 7.92. The topological polar surface area (TPSA) is 171 Å². The van der Waals surface area contributed by atoms with Gasteiger partial charge >= 0.3 is 6.03 Å². The molecule has 4 N–H and O–H groups in total. The lowest BCUT2D eigenvalue weighted by atomic mass is 9.82. The molecule has 0 radical (unpaired) electrons. The summed E-state index contributed by atoms with van der Waals surface area (Å²) in [5, 5.41) is 11.5. The average molecular weight is 732 g/mol. The zero-order valence-electron chi connectivity index (χ0n) is 31.4. The van der Waals surface area contributed by atoms with Crippen molar-refractivity contribution in [3.63, 3.8) is 0 Å². The third-order valence-electron chi connectivity index (χ3n) is 12.6. The summed E-state index contributed by atoms with van der Waals surface area (Å²) >= 11 is 0. The van der Waals surface area contributed by atoms with Crippen LogP contribution in [-0.4, -0.2) is 90.1 Å². The second-order valence-corrected chi connectivity index (χ2v) is 20.4. The maximum absolute atomic E-state index is 14.7. The van der Waals surface area contributed by atoms with Crippen LogP contribution in [0.4, 0.5) is 4.79 Å². The Morgan fingerprint density at radius 2 is 1.55 bits per heavy atom. The maximum atomic E-state index is 14.7. The molecule has 0 aromatic rings. The number of hydrogen-bond acceptors (Lipinski definition) is 7. The molecule has 1 aliphatic heterocycles. The van der Waals surface area contributed by atoms with E-state index in [4.69, 9.17) is 0 Å². The van der Waals surface area contributed by atoms with Crippen molar-refractivity contribution < 1.29 is 32.4 Å². The summed E-state index contributed by atoms with van der Waals surface area (Å²) in [6.45, 7) is 13.3. The van der Waals surface area contributed by atoms with Crippen molar-refractivity contribution in [3.8, 4) is 0 Å². The summed E-state index contributed by atoms with van der Waals surface area (Å²) in [5.74, 6) is -2.34. The number of nitrogens with one attached hydrogen (secondary N) is 4.